The number of hydrogen-bond acceptors (Lipinski definition) is 2. The fraction of sp³-hybridized carbons (Fsp3) is 0.333. The zero-order valence-electron chi connectivity index (χ0n) is 13.4. The molecule has 0 aliphatic heterocycles. The van der Waals surface area contributed by atoms with Crippen LogP contribution in [-0.2, 0) is 4.79 Å². The van der Waals surface area contributed by atoms with E-state index >= 15 is 0 Å². The normalized spacial score (nSPS) is 11.2. The average molecular weight is 314 g/mol. The van der Waals surface area contributed by atoms with Crippen LogP contribution in [0.25, 0.3) is 11.3 Å². The maximum atomic E-state index is 12.5. The first kappa shape index (κ1) is 16.8. The summed E-state index contributed by atoms with van der Waals surface area (Å²) in [4.78, 5) is 26.6. The average Bonchev–Trinajstić information content (AvgIpc) is 3.04. The molecule has 1 heterocycles. The molecule has 0 fully saturated rings. The van der Waals surface area contributed by atoms with Crippen molar-refractivity contribution in [2.75, 3.05) is 0 Å². The van der Waals surface area contributed by atoms with Gasteiger partial charge < -0.3 is 15.4 Å². The molecule has 0 aliphatic carbocycles. The molecule has 0 unspecified atom stereocenters. The van der Waals surface area contributed by atoms with E-state index in [1.807, 2.05) is 50.2 Å². The smallest absolute Gasteiger partial charge is 0.305 e. The highest BCUT2D eigenvalue weighted by molar-refractivity contribution is 5.94. The quantitative estimate of drug-likeness (QED) is 0.732. The summed E-state index contributed by atoms with van der Waals surface area (Å²) in [5.41, 5.74) is 1.56. The summed E-state index contributed by atoms with van der Waals surface area (Å²) < 4.78 is 0. The van der Waals surface area contributed by atoms with Gasteiger partial charge in [-0.25, -0.2) is 0 Å². The predicted molar refractivity (Wildman–Crippen MR) is 89.3 cm³/mol. The lowest BCUT2D eigenvalue weighted by Gasteiger charge is -2.31. The number of hydrogen-bond donors (Lipinski definition) is 3. The second kappa shape index (κ2) is 7.13. The highest BCUT2D eigenvalue weighted by Gasteiger charge is 2.31. The first-order chi connectivity index (χ1) is 11.0. The van der Waals surface area contributed by atoms with Gasteiger partial charge in [0.2, 0.25) is 0 Å². The number of carbonyl (C=O) groups is 2. The zero-order valence-corrected chi connectivity index (χ0v) is 13.4. The van der Waals surface area contributed by atoms with E-state index in [0.29, 0.717) is 18.5 Å². The summed E-state index contributed by atoms with van der Waals surface area (Å²) in [5, 5.41) is 12.0. The lowest BCUT2D eigenvalue weighted by Crippen LogP contribution is -2.49. The van der Waals surface area contributed by atoms with Gasteiger partial charge in [-0.2, -0.15) is 0 Å². The minimum Gasteiger partial charge on any atom is -0.481 e. The van der Waals surface area contributed by atoms with Gasteiger partial charge in [-0.15, -0.1) is 0 Å². The van der Waals surface area contributed by atoms with Crippen LogP contribution in [0.3, 0.4) is 0 Å². The number of aromatic amines is 1. The highest BCUT2D eigenvalue weighted by Crippen LogP contribution is 2.22. The second-order valence-corrected chi connectivity index (χ2v) is 5.66. The third-order valence-corrected chi connectivity index (χ3v) is 4.24. The third kappa shape index (κ3) is 4.00. The van der Waals surface area contributed by atoms with Crippen molar-refractivity contribution in [1.82, 2.24) is 10.3 Å². The molecule has 2 aromatic rings. The lowest BCUT2D eigenvalue weighted by molar-refractivity contribution is -0.138. The maximum absolute atomic E-state index is 12.5. The molecule has 2 rings (SSSR count). The number of carboxylic acids is 1. The van der Waals surface area contributed by atoms with Gasteiger partial charge in [0.1, 0.15) is 5.69 Å². The van der Waals surface area contributed by atoms with Crippen LogP contribution >= 0.6 is 0 Å². The number of aromatic nitrogens is 1. The summed E-state index contributed by atoms with van der Waals surface area (Å²) in [6.45, 7) is 3.77. The summed E-state index contributed by atoms with van der Waals surface area (Å²) in [6.07, 6.45) is 1.04. The van der Waals surface area contributed by atoms with Gasteiger partial charge >= 0.3 is 5.97 Å². The summed E-state index contributed by atoms with van der Waals surface area (Å²) in [6, 6.07) is 13.3. The van der Waals surface area contributed by atoms with Gasteiger partial charge in [-0.05, 0) is 30.5 Å². The number of nitrogens with one attached hydrogen (secondary N) is 2. The number of carbonyl (C=O) groups excluding carboxylic acids is 1. The molecule has 1 aromatic carbocycles. The topological polar surface area (TPSA) is 82.2 Å². The Bertz CT molecular complexity index is 673. The molecule has 122 valence electrons. The van der Waals surface area contributed by atoms with Crippen LogP contribution in [0.2, 0.25) is 0 Å². The van der Waals surface area contributed by atoms with E-state index in [2.05, 4.69) is 10.3 Å². The molecule has 0 saturated carbocycles. The SMILES string of the molecule is CCC(CC)(CC(=O)O)NC(=O)c1ccc(-c2ccccc2)[nH]1. The van der Waals surface area contributed by atoms with Gasteiger partial charge in [0, 0.05) is 5.69 Å². The molecule has 1 aromatic heterocycles. The summed E-state index contributed by atoms with van der Waals surface area (Å²) in [7, 11) is 0. The Balaban J connectivity index is 2.17. The van der Waals surface area contributed by atoms with Crippen LogP contribution in [0.5, 0.6) is 0 Å². The molecule has 0 aliphatic rings. The van der Waals surface area contributed by atoms with E-state index in [4.69, 9.17) is 5.11 Å². The minimum atomic E-state index is -0.912. The fourth-order valence-electron chi connectivity index (χ4n) is 2.63. The molecule has 0 spiro atoms. The van der Waals surface area contributed by atoms with Crippen LogP contribution in [0, 0.1) is 0 Å². The van der Waals surface area contributed by atoms with E-state index < -0.39 is 11.5 Å². The molecule has 0 bridgehead atoms. The Labute approximate surface area is 135 Å². The monoisotopic (exact) mass is 314 g/mol. The molecular weight excluding hydrogens is 292 g/mol. The number of H-pyrrole nitrogens is 1. The van der Waals surface area contributed by atoms with E-state index in [0.717, 1.165) is 11.3 Å². The Hall–Kier alpha value is -2.56. The van der Waals surface area contributed by atoms with E-state index in [1.54, 1.807) is 6.07 Å². The fourth-order valence-corrected chi connectivity index (χ4v) is 2.63. The minimum absolute atomic E-state index is 0.0853. The molecule has 0 radical (unpaired) electrons. The van der Waals surface area contributed by atoms with Gasteiger partial charge in [0.05, 0.1) is 12.0 Å². The van der Waals surface area contributed by atoms with Gasteiger partial charge in [0.25, 0.3) is 5.91 Å². The Morgan fingerprint density at radius 3 is 2.30 bits per heavy atom. The zero-order chi connectivity index (χ0) is 16.9. The van der Waals surface area contributed by atoms with Crippen molar-refractivity contribution < 1.29 is 14.7 Å². The Kier molecular flexibility index (Phi) is 5.21. The highest BCUT2D eigenvalue weighted by atomic mass is 16.4. The second-order valence-electron chi connectivity index (χ2n) is 5.66. The van der Waals surface area contributed by atoms with Crippen molar-refractivity contribution in [3.63, 3.8) is 0 Å². The molecule has 3 N–H and O–H groups in total. The number of amides is 1. The van der Waals surface area contributed by atoms with Gasteiger partial charge in [-0.3, -0.25) is 9.59 Å². The molecule has 0 atom stereocenters. The number of benzene rings is 1. The molecule has 1 amide bonds. The standard InChI is InChI=1S/C18H22N2O3/c1-3-18(4-2,12-16(21)22)20-17(23)15-11-10-14(19-15)13-8-6-5-7-9-13/h5-11,19H,3-4,12H2,1-2H3,(H,20,23)(H,21,22). The maximum Gasteiger partial charge on any atom is 0.305 e. The number of carboxylic acid groups (broad SMARTS) is 1. The predicted octanol–water partition coefficient (Wildman–Crippen LogP) is 3.45. The van der Waals surface area contributed by atoms with Crippen LogP contribution in [-0.4, -0.2) is 27.5 Å². The first-order valence-corrected chi connectivity index (χ1v) is 7.78. The van der Waals surface area contributed by atoms with Crippen molar-refractivity contribution in [1.29, 1.82) is 0 Å². The summed E-state index contributed by atoms with van der Waals surface area (Å²) >= 11 is 0. The number of aliphatic carboxylic acids is 1. The molecule has 5 nitrogen and oxygen atoms in total. The third-order valence-electron chi connectivity index (χ3n) is 4.24. The number of rotatable bonds is 7. The van der Waals surface area contributed by atoms with Gasteiger partial charge in [0.15, 0.2) is 0 Å². The van der Waals surface area contributed by atoms with Crippen molar-refractivity contribution >= 4 is 11.9 Å². The summed E-state index contributed by atoms with van der Waals surface area (Å²) in [5.74, 6) is -1.19. The van der Waals surface area contributed by atoms with Crippen LogP contribution in [0.1, 0.15) is 43.6 Å². The Morgan fingerprint density at radius 2 is 1.74 bits per heavy atom. The van der Waals surface area contributed by atoms with E-state index in [9.17, 15) is 9.59 Å². The molecule has 5 heteroatoms. The molecular formula is C18H22N2O3. The van der Waals surface area contributed by atoms with Crippen LogP contribution < -0.4 is 5.32 Å². The van der Waals surface area contributed by atoms with Crippen molar-refractivity contribution in [3.05, 3.63) is 48.2 Å². The van der Waals surface area contributed by atoms with Crippen molar-refractivity contribution in [2.24, 2.45) is 0 Å². The first-order valence-electron chi connectivity index (χ1n) is 7.78. The van der Waals surface area contributed by atoms with E-state index in [1.165, 1.54) is 0 Å². The largest absolute Gasteiger partial charge is 0.481 e. The van der Waals surface area contributed by atoms with Gasteiger partial charge in [-0.1, -0.05) is 44.2 Å². The van der Waals surface area contributed by atoms with Crippen LogP contribution in [0.4, 0.5) is 0 Å². The van der Waals surface area contributed by atoms with Crippen LogP contribution in [0.15, 0.2) is 42.5 Å². The molecule has 0 saturated heterocycles. The van der Waals surface area contributed by atoms with E-state index in [-0.39, 0.29) is 12.3 Å². The molecule has 23 heavy (non-hydrogen) atoms. The van der Waals surface area contributed by atoms with Crippen molar-refractivity contribution in [2.45, 2.75) is 38.6 Å². The van der Waals surface area contributed by atoms with Crippen molar-refractivity contribution in [3.8, 4) is 11.3 Å². The lowest BCUT2D eigenvalue weighted by atomic mass is 9.89. The Morgan fingerprint density at radius 1 is 1.09 bits per heavy atom.